The van der Waals surface area contributed by atoms with E-state index in [1.165, 1.54) is 43.6 Å². The zero-order valence-corrected chi connectivity index (χ0v) is 9.08. The Morgan fingerprint density at radius 3 is 2.35 bits per heavy atom. The molecule has 1 aromatic carbocycles. The van der Waals surface area contributed by atoms with E-state index in [0.717, 1.165) is 0 Å². The van der Waals surface area contributed by atoms with Gasteiger partial charge in [0.15, 0.2) is 17.4 Å². The normalized spacial score (nSPS) is 10.3. The van der Waals surface area contributed by atoms with Crippen LogP contribution in [0, 0.1) is 18.6 Å². The van der Waals surface area contributed by atoms with Crippen molar-refractivity contribution >= 4 is 5.78 Å². The first-order chi connectivity index (χ1) is 8.11. The molecule has 0 aliphatic rings. The number of aromatic nitrogens is 1. The number of ketones is 1. The molecule has 0 N–H and O–H groups in total. The topological polar surface area (TPSA) is 30.0 Å². The number of hydrogen-bond donors (Lipinski definition) is 0. The first kappa shape index (κ1) is 11.4. The van der Waals surface area contributed by atoms with Crippen LogP contribution in [0.2, 0.25) is 0 Å². The van der Waals surface area contributed by atoms with E-state index in [0.29, 0.717) is 0 Å². The maximum Gasteiger partial charge on any atom is 0.196 e. The van der Waals surface area contributed by atoms with Gasteiger partial charge in [-0.3, -0.25) is 9.78 Å². The number of halogens is 2. The molecular formula is C13H9F2NO. The van der Waals surface area contributed by atoms with Gasteiger partial charge in [0, 0.05) is 18.0 Å². The summed E-state index contributed by atoms with van der Waals surface area (Å²) >= 11 is 0. The van der Waals surface area contributed by atoms with E-state index in [4.69, 9.17) is 0 Å². The number of pyridine rings is 1. The molecule has 0 fully saturated rings. The minimum Gasteiger partial charge on any atom is -0.288 e. The Kier molecular flexibility index (Phi) is 2.95. The zero-order chi connectivity index (χ0) is 12.4. The lowest BCUT2D eigenvalue weighted by Gasteiger charge is -2.05. The molecule has 4 heteroatoms. The predicted octanol–water partition coefficient (Wildman–Crippen LogP) is 2.90. The summed E-state index contributed by atoms with van der Waals surface area (Å²) in [6, 6.07) is 5.59. The third-order valence-electron chi connectivity index (χ3n) is 2.46. The molecule has 0 saturated heterocycles. The Bertz CT molecular complexity index is 567. The summed E-state index contributed by atoms with van der Waals surface area (Å²) in [7, 11) is 0. The Morgan fingerprint density at radius 1 is 1.06 bits per heavy atom. The summed E-state index contributed by atoms with van der Waals surface area (Å²) in [5.74, 6) is -2.64. The lowest BCUT2D eigenvalue weighted by atomic mass is 10.0. The Hall–Kier alpha value is -2.10. The molecule has 0 aliphatic carbocycles. The highest BCUT2D eigenvalue weighted by atomic mass is 19.2. The van der Waals surface area contributed by atoms with E-state index in [-0.39, 0.29) is 16.7 Å². The van der Waals surface area contributed by atoms with Gasteiger partial charge in [-0.25, -0.2) is 8.78 Å². The lowest BCUT2D eigenvalue weighted by molar-refractivity contribution is 0.103. The number of rotatable bonds is 2. The molecule has 0 unspecified atom stereocenters. The SMILES string of the molecule is Cc1ccc(C(=O)c2ccncc2)c(F)c1F. The van der Waals surface area contributed by atoms with E-state index >= 15 is 0 Å². The van der Waals surface area contributed by atoms with Gasteiger partial charge in [-0.1, -0.05) is 6.07 Å². The molecule has 0 aliphatic heterocycles. The van der Waals surface area contributed by atoms with Gasteiger partial charge in [0.2, 0.25) is 0 Å². The second-order valence-electron chi connectivity index (χ2n) is 3.62. The van der Waals surface area contributed by atoms with E-state index < -0.39 is 17.4 Å². The van der Waals surface area contributed by atoms with Crippen LogP contribution >= 0.6 is 0 Å². The van der Waals surface area contributed by atoms with Crippen LogP contribution in [-0.2, 0) is 0 Å². The van der Waals surface area contributed by atoms with Crippen LogP contribution in [-0.4, -0.2) is 10.8 Å². The highest BCUT2D eigenvalue weighted by Crippen LogP contribution is 2.18. The number of aryl methyl sites for hydroxylation is 1. The van der Waals surface area contributed by atoms with Gasteiger partial charge >= 0.3 is 0 Å². The minimum absolute atomic E-state index is 0.175. The number of carbonyl (C=O) groups is 1. The van der Waals surface area contributed by atoms with Crippen LogP contribution in [0.4, 0.5) is 8.78 Å². The fourth-order valence-electron chi connectivity index (χ4n) is 1.48. The zero-order valence-electron chi connectivity index (χ0n) is 9.08. The van der Waals surface area contributed by atoms with Crippen LogP contribution in [0.3, 0.4) is 0 Å². The van der Waals surface area contributed by atoms with Crippen LogP contribution in [0.15, 0.2) is 36.7 Å². The largest absolute Gasteiger partial charge is 0.288 e. The maximum absolute atomic E-state index is 13.6. The van der Waals surface area contributed by atoms with Gasteiger partial charge in [-0.05, 0) is 30.7 Å². The van der Waals surface area contributed by atoms with Crippen LogP contribution in [0.25, 0.3) is 0 Å². The van der Waals surface area contributed by atoms with E-state index in [9.17, 15) is 13.6 Å². The fraction of sp³-hybridized carbons (Fsp3) is 0.0769. The molecule has 0 atom stereocenters. The molecule has 2 aromatic rings. The van der Waals surface area contributed by atoms with Gasteiger partial charge in [0.05, 0.1) is 5.56 Å². The summed E-state index contributed by atoms with van der Waals surface area (Å²) in [6.07, 6.45) is 2.85. The standard InChI is InChI=1S/C13H9F2NO/c1-8-2-3-10(12(15)11(8)14)13(17)9-4-6-16-7-5-9/h2-7H,1H3. The summed E-state index contributed by atoms with van der Waals surface area (Å²) in [4.78, 5) is 15.7. The number of carbonyl (C=O) groups excluding carboxylic acids is 1. The summed E-state index contributed by atoms with van der Waals surface area (Å²) in [5, 5.41) is 0. The molecule has 2 rings (SSSR count). The van der Waals surface area contributed by atoms with Crippen LogP contribution < -0.4 is 0 Å². The quantitative estimate of drug-likeness (QED) is 0.746. The lowest BCUT2D eigenvalue weighted by Crippen LogP contribution is -2.06. The summed E-state index contributed by atoms with van der Waals surface area (Å²) < 4.78 is 26.9. The van der Waals surface area contributed by atoms with Crippen molar-refractivity contribution in [2.45, 2.75) is 6.92 Å². The van der Waals surface area contributed by atoms with Crippen molar-refractivity contribution in [2.24, 2.45) is 0 Å². The van der Waals surface area contributed by atoms with Crippen molar-refractivity contribution in [3.63, 3.8) is 0 Å². The average Bonchev–Trinajstić information content (AvgIpc) is 2.36. The van der Waals surface area contributed by atoms with Gasteiger partial charge in [0.25, 0.3) is 0 Å². The summed E-state index contributed by atoms with van der Waals surface area (Å²) in [5.41, 5.74) is 0.190. The number of benzene rings is 1. The van der Waals surface area contributed by atoms with E-state index in [2.05, 4.69) is 4.98 Å². The van der Waals surface area contributed by atoms with Gasteiger partial charge in [0.1, 0.15) is 0 Å². The third-order valence-corrected chi connectivity index (χ3v) is 2.46. The highest BCUT2D eigenvalue weighted by molar-refractivity contribution is 6.09. The molecule has 0 saturated carbocycles. The Labute approximate surface area is 96.9 Å². The van der Waals surface area contributed by atoms with Gasteiger partial charge in [-0.2, -0.15) is 0 Å². The highest BCUT2D eigenvalue weighted by Gasteiger charge is 2.18. The van der Waals surface area contributed by atoms with E-state index in [1.54, 1.807) is 0 Å². The minimum atomic E-state index is -1.10. The molecule has 86 valence electrons. The second kappa shape index (κ2) is 4.41. The Morgan fingerprint density at radius 2 is 1.71 bits per heavy atom. The van der Waals surface area contributed by atoms with Crippen LogP contribution in [0.5, 0.6) is 0 Å². The van der Waals surface area contributed by atoms with Crippen molar-refractivity contribution in [3.05, 3.63) is 65.0 Å². The summed E-state index contributed by atoms with van der Waals surface area (Å²) in [6.45, 7) is 1.44. The van der Waals surface area contributed by atoms with Crippen molar-refractivity contribution in [1.29, 1.82) is 0 Å². The molecule has 1 aromatic heterocycles. The molecule has 1 heterocycles. The smallest absolute Gasteiger partial charge is 0.196 e. The molecule has 0 amide bonds. The van der Waals surface area contributed by atoms with Gasteiger partial charge in [-0.15, -0.1) is 0 Å². The monoisotopic (exact) mass is 233 g/mol. The first-order valence-corrected chi connectivity index (χ1v) is 5.00. The van der Waals surface area contributed by atoms with Crippen molar-refractivity contribution in [2.75, 3.05) is 0 Å². The number of nitrogens with zero attached hydrogens (tertiary/aromatic N) is 1. The second-order valence-corrected chi connectivity index (χ2v) is 3.62. The average molecular weight is 233 g/mol. The van der Waals surface area contributed by atoms with Crippen molar-refractivity contribution in [1.82, 2.24) is 4.98 Å². The molecule has 2 nitrogen and oxygen atoms in total. The van der Waals surface area contributed by atoms with Crippen molar-refractivity contribution in [3.8, 4) is 0 Å². The molecule has 0 bridgehead atoms. The van der Waals surface area contributed by atoms with Crippen molar-refractivity contribution < 1.29 is 13.6 Å². The first-order valence-electron chi connectivity index (χ1n) is 5.00. The number of hydrogen-bond acceptors (Lipinski definition) is 2. The molecule has 0 spiro atoms. The van der Waals surface area contributed by atoms with Gasteiger partial charge < -0.3 is 0 Å². The fourth-order valence-corrected chi connectivity index (χ4v) is 1.48. The predicted molar refractivity (Wildman–Crippen MR) is 58.8 cm³/mol. The molecular weight excluding hydrogens is 224 g/mol. The molecule has 17 heavy (non-hydrogen) atoms. The van der Waals surface area contributed by atoms with Crippen LogP contribution in [0.1, 0.15) is 21.5 Å². The molecule has 0 radical (unpaired) electrons. The Balaban J connectivity index is 2.49. The van der Waals surface area contributed by atoms with E-state index in [1.807, 2.05) is 0 Å². The third kappa shape index (κ3) is 2.06. The maximum atomic E-state index is 13.6.